The lowest BCUT2D eigenvalue weighted by atomic mass is 9.94. The summed E-state index contributed by atoms with van der Waals surface area (Å²) in [6, 6.07) is 8.85. The SMILES string of the molecule is COC(CN(C(=O)CCOCCc1cccc(-c2cn(C(C)C)nn2)c1)C1CCCCC1)OC. The number of aromatic nitrogens is 3. The molecule has 1 aromatic heterocycles. The minimum Gasteiger partial charge on any atom is -0.381 e. The summed E-state index contributed by atoms with van der Waals surface area (Å²) in [4.78, 5) is 15.0. The van der Waals surface area contributed by atoms with Crippen molar-refractivity contribution in [2.75, 3.05) is 34.0 Å². The minimum atomic E-state index is -0.402. The maximum Gasteiger partial charge on any atom is 0.225 e. The molecule has 1 amide bonds. The van der Waals surface area contributed by atoms with Crippen molar-refractivity contribution in [1.29, 1.82) is 0 Å². The van der Waals surface area contributed by atoms with Gasteiger partial charge in [0, 0.05) is 31.9 Å². The number of ether oxygens (including phenoxy) is 3. The summed E-state index contributed by atoms with van der Waals surface area (Å²) in [5, 5.41) is 8.48. The van der Waals surface area contributed by atoms with Gasteiger partial charge in [0.2, 0.25) is 5.91 Å². The third-order valence-electron chi connectivity index (χ3n) is 6.46. The zero-order valence-corrected chi connectivity index (χ0v) is 21.1. The molecule has 3 rings (SSSR count). The van der Waals surface area contributed by atoms with Crippen LogP contribution in [-0.4, -0.2) is 72.1 Å². The fraction of sp³-hybridized carbons (Fsp3) is 0.654. The Morgan fingerprint density at radius 1 is 1.15 bits per heavy atom. The van der Waals surface area contributed by atoms with Crippen LogP contribution in [0.25, 0.3) is 11.3 Å². The van der Waals surface area contributed by atoms with Crippen molar-refractivity contribution >= 4 is 5.91 Å². The van der Waals surface area contributed by atoms with E-state index in [4.69, 9.17) is 14.2 Å². The van der Waals surface area contributed by atoms with Crippen molar-refractivity contribution in [2.24, 2.45) is 0 Å². The summed E-state index contributed by atoms with van der Waals surface area (Å²) in [6.45, 7) is 5.61. The molecule has 8 heteroatoms. The van der Waals surface area contributed by atoms with E-state index in [1.54, 1.807) is 14.2 Å². The van der Waals surface area contributed by atoms with E-state index in [2.05, 4.69) is 36.3 Å². The number of carbonyl (C=O) groups is 1. The topological polar surface area (TPSA) is 78.7 Å². The molecule has 0 atom stereocenters. The summed E-state index contributed by atoms with van der Waals surface area (Å²) in [6.07, 6.45) is 8.41. The molecule has 0 aliphatic heterocycles. The maximum atomic E-state index is 13.0. The highest BCUT2D eigenvalue weighted by Gasteiger charge is 2.27. The summed E-state index contributed by atoms with van der Waals surface area (Å²) in [7, 11) is 3.23. The molecule has 1 saturated carbocycles. The molecule has 34 heavy (non-hydrogen) atoms. The molecule has 1 heterocycles. The fourth-order valence-corrected chi connectivity index (χ4v) is 4.40. The van der Waals surface area contributed by atoms with Crippen LogP contribution in [0.4, 0.5) is 0 Å². The average molecular weight is 473 g/mol. The first-order chi connectivity index (χ1) is 16.5. The molecule has 0 radical (unpaired) electrons. The highest BCUT2D eigenvalue weighted by atomic mass is 16.7. The molecule has 0 saturated heterocycles. The van der Waals surface area contributed by atoms with Gasteiger partial charge < -0.3 is 19.1 Å². The van der Waals surface area contributed by atoms with Crippen molar-refractivity contribution in [3.8, 4) is 11.3 Å². The van der Waals surface area contributed by atoms with Gasteiger partial charge in [-0.05, 0) is 44.7 Å². The van der Waals surface area contributed by atoms with Gasteiger partial charge in [-0.25, -0.2) is 4.68 Å². The smallest absolute Gasteiger partial charge is 0.225 e. The Bertz CT molecular complexity index is 875. The van der Waals surface area contributed by atoms with E-state index in [0.29, 0.717) is 26.2 Å². The van der Waals surface area contributed by atoms with E-state index in [1.165, 1.54) is 24.8 Å². The van der Waals surface area contributed by atoms with Crippen LogP contribution in [0.5, 0.6) is 0 Å². The number of amides is 1. The van der Waals surface area contributed by atoms with Crippen LogP contribution in [0, 0.1) is 0 Å². The van der Waals surface area contributed by atoms with Gasteiger partial charge in [0.15, 0.2) is 6.29 Å². The van der Waals surface area contributed by atoms with Gasteiger partial charge in [0.05, 0.1) is 32.4 Å². The highest BCUT2D eigenvalue weighted by Crippen LogP contribution is 2.24. The number of methoxy groups -OCH3 is 2. The lowest BCUT2D eigenvalue weighted by Gasteiger charge is -2.36. The highest BCUT2D eigenvalue weighted by molar-refractivity contribution is 5.76. The normalized spacial score (nSPS) is 14.8. The van der Waals surface area contributed by atoms with E-state index >= 15 is 0 Å². The number of benzene rings is 1. The van der Waals surface area contributed by atoms with Gasteiger partial charge >= 0.3 is 0 Å². The van der Waals surface area contributed by atoms with Crippen LogP contribution >= 0.6 is 0 Å². The van der Waals surface area contributed by atoms with Crippen molar-refractivity contribution in [3.05, 3.63) is 36.0 Å². The summed E-state index contributed by atoms with van der Waals surface area (Å²) < 4.78 is 18.4. The molecular formula is C26H40N4O4. The van der Waals surface area contributed by atoms with Crippen LogP contribution in [0.2, 0.25) is 0 Å². The second-order valence-corrected chi connectivity index (χ2v) is 9.23. The molecule has 1 aromatic carbocycles. The monoisotopic (exact) mass is 472 g/mol. The van der Waals surface area contributed by atoms with Crippen molar-refractivity contribution < 1.29 is 19.0 Å². The number of rotatable bonds is 13. The predicted molar refractivity (Wildman–Crippen MR) is 131 cm³/mol. The first-order valence-electron chi connectivity index (χ1n) is 12.5. The number of nitrogens with zero attached hydrogens (tertiary/aromatic N) is 4. The molecular weight excluding hydrogens is 432 g/mol. The second kappa shape index (κ2) is 13.6. The first kappa shape index (κ1) is 26.3. The summed E-state index contributed by atoms with van der Waals surface area (Å²) >= 11 is 0. The molecule has 0 spiro atoms. The Balaban J connectivity index is 1.46. The molecule has 188 valence electrons. The molecule has 2 aromatic rings. The molecule has 0 N–H and O–H groups in total. The first-order valence-corrected chi connectivity index (χ1v) is 12.5. The maximum absolute atomic E-state index is 13.0. The Morgan fingerprint density at radius 3 is 2.59 bits per heavy atom. The lowest BCUT2D eigenvalue weighted by molar-refractivity contribution is -0.151. The van der Waals surface area contributed by atoms with Gasteiger partial charge in [-0.15, -0.1) is 5.10 Å². The number of hydrogen-bond acceptors (Lipinski definition) is 6. The van der Waals surface area contributed by atoms with E-state index < -0.39 is 6.29 Å². The van der Waals surface area contributed by atoms with Gasteiger partial charge in [-0.2, -0.15) is 0 Å². The Hall–Kier alpha value is -2.29. The molecule has 1 fully saturated rings. The van der Waals surface area contributed by atoms with Crippen molar-refractivity contribution in [1.82, 2.24) is 19.9 Å². The van der Waals surface area contributed by atoms with Crippen molar-refractivity contribution in [3.63, 3.8) is 0 Å². The van der Waals surface area contributed by atoms with Crippen LogP contribution in [0.15, 0.2) is 30.5 Å². The molecule has 1 aliphatic rings. The quantitative estimate of drug-likeness (QED) is 0.320. The van der Waals surface area contributed by atoms with E-state index in [9.17, 15) is 4.79 Å². The van der Waals surface area contributed by atoms with Gasteiger partial charge in [-0.3, -0.25) is 4.79 Å². The second-order valence-electron chi connectivity index (χ2n) is 9.23. The Labute approximate surface area is 203 Å². The summed E-state index contributed by atoms with van der Waals surface area (Å²) in [5.41, 5.74) is 3.10. The Kier molecular flexibility index (Phi) is 10.5. The number of hydrogen-bond donors (Lipinski definition) is 0. The van der Waals surface area contributed by atoms with E-state index in [-0.39, 0.29) is 18.0 Å². The lowest BCUT2D eigenvalue weighted by Crippen LogP contribution is -2.46. The van der Waals surface area contributed by atoms with E-state index in [0.717, 1.165) is 30.5 Å². The largest absolute Gasteiger partial charge is 0.381 e. The zero-order valence-electron chi connectivity index (χ0n) is 21.1. The third-order valence-corrected chi connectivity index (χ3v) is 6.46. The van der Waals surface area contributed by atoms with Crippen LogP contribution in [0.1, 0.15) is 64.0 Å². The predicted octanol–water partition coefficient (Wildman–Crippen LogP) is 4.26. The molecule has 0 unspecified atom stereocenters. The average Bonchev–Trinajstić information content (AvgIpc) is 3.36. The zero-order chi connectivity index (χ0) is 24.3. The van der Waals surface area contributed by atoms with Crippen LogP contribution in [0.3, 0.4) is 0 Å². The molecule has 8 nitrogen and oxygen atoms in total. The minimum absolute atomic E-state index is 0.112. The van der Waals surface area contributed by atoms with Crippen molar-refractivity contribution in [2.45, 2.75) is 77.2 Å². The van der Waals surface area contributed by atoms with Crippen LogP contribution < -0.4 is 0 Å². The summed E-state index contributed by atoms with van der Waals surface area (Å²) in [5.74, 6) is 0.112. The Morgan fingerprint density at radius 2 is 1.91 bits per heavy atom. The van der Waals surface area contributed by atoms with Crippen LogP contribution in [-0.2, 0) is 25.4 Å². The molecule has 1 aliphatic carbocycles. The fourth-order valence-electron chi connectivity index (χ4n) is 4.40. The van der Waals surface area contributed by atoms with Gasteiger partial charge in [-0.1, -0.05) is 42.7 Å². The standard InChI is InChI=1S/C26H40N4O4/c1-20(2)30-18-24(27-28-30)22-10-8-9-21(17-22)13-15-34-16-14-25(31)29(19-26(32-3)33-4)23-11-6-5-7-12-23/h8-10,17-18,20,23,26H,5-7,11-16,19H2,1-4H3. The molecule has 0 bridgehead atoms. The van der Waals surface area contributed by atoms with E-state index in [1.807, 2.05) is 27.9 Å². The van der Waals surface area contributed by atoms with Gasteiger partial charge in [0.25, 0.3) is 0 Å². The number of carbonyl (C=O) groups excluding carboxylic acids is 1. The third kappa shape index (κ3) is 7.61. The van der Waals surface area contributed by atoms with Gasteiger partial charge in [0.1, 0.15) is 5.69 Å².